The van der Waals surface area contributed by atoms with Gasteiger partial charge >= 0.3 is 0 Å². The number of phenols is 2. The minimum absolute atomic E-state index is 0.216. The molecule has 3 aromatic carbocycles. The Morgan fingerprint density at radius 2 is 1.05 bits per heavy atom. The van der Waals surface area contributed by atoms with E-state index in [1.807, 2.05) is 48.5 Å². The second-order valence-electron chi connectivity index (χ2n) is 4.89. The molecule has 0 bridgehead atoms. The minimum atomic E-state index is 0.216. The number of nitrogens with one attached hydrogen (secondary N) is 2. The van der Waals surface area contributed by atoms with Gasteiger partial charge in [0.1, 0.15) is 11.5 Å². The molecule has 0 saturated heterocycles. The molecule has 0 aliphatic carbocycles. The first-order chi connectivity index (χ1) is 10.7. The first-order valence-electron chi connectivity index (χ1n) is 6.92. The van der Waals surface area contributed by atoms with E-state index in [0.29, 0.717) is 5.69 Å². The summed E-state index contributed by atoms with van der Waals surface area (Å²) in [5.74, 6) is 0.460. The van der Waals surface area contributed by atoms with E-state index in [-0.39, 0.29) is 11.5 Å². The predicted molar refractivity (Wildman–Crippen MR) is 89.2 cm³/mol. The fourth-order valence-corrected chi connectivity index (χ4v) is 2.08. The van der Waals surface area contributed by atoms with Crippen molar-refractivity contribution in [1.29, 1.82) is 0 Å². The Balaban J connectivity index is 1.70. The SMILES string of the molecule is Oc1ccc(Nc2ccc(Nc3ccccc3O)cc2)cc1. The molecule has 0 fully saturated rings. The van der Waals surface area contributed by atoms with Gasteiger partial charge in [-0.15, -0.1) is 0 Å². The first-order valence-corrected chi connectivity index (χ1v) is 6.92. The molecule has 0 aliphatic rings. The maximum Gasteiger partial charge on any atom is 0.139 e. The fraction of sp³-hybridized carbons (Fsp3) is 0. The highest BCUT2D eigenvalue weighted by atomic mass is 16.3. The third-order valence-corrected chi connectivity index (χ3v) is 3.22. The lowest BCUT2D eigenvalue weighted by molar-refractivity contribution is 0.475. The van der Waals surface area contributed by atoms with E-state index < -0.39 is 0 Å². The van der Waals surface area contributed by atoms with Crippen molar-refractivity contribution >= 4 is 22.7 Å². The van der Waals surface area contributed by atoms with Gasteiger partial charge in [0.2, 0.25) is 0 Å². The van der Waals surface area contributed by atoms with Crippen LogP contribution in [0.4, 0.5) is 22.7 Å². The number of phenolic OH excluding ortho intramolecular Hbond substituents is 2. The Hall–Kier alpha value is -3.14. The van der Waals surface area contributed by atoms with Gasteiger partial charge in [-0.1, -0.05) is 12.1 Å². The summed E-state index contributed by atoms with van der Waals surface area (Å²) in [6.45, 7) is 0. The summed E-state index contributed by atoms with van der Waals surface area (Å²) in [5.41, 5.74) is 3.40. The van der Waals surface area contributed by atoms with Crippen molar-refractivity contribution in [3.8, 4) is 11.5 Å². The zero-order chi connectivity index (χ0) is 15.4. The van der Waals surface area contributed by atoms with Gasteiger partial charge in [-0.25, -0.2) is 0 Å². The summed E-state index contributed by atoms with van der Waals surface area (Å²) in [5, 5.41) is 25.4. The highest BCUT2D eigenvalue weighted by Gasteiger charge is 2.00. The van der Waals surface area contributed by atoms with Crippen molar-refractivity contribution in [3.05, 3.63) is 72.8 Å². The van der Waals surface area contributed by atoms with Crippen LogP contribution in [0.3, 0.4) is 0 Å². The van der Waals surface area contributed by atoms with E-state index in [1.165, 1.54) is 0 Å². The number of anilines is 4. The largest absolute Gasteiger partial charge is 0.508 e. The lowest BCUT2D eigenvalue weighted by Gasteiger charge is -2.10. The molecule has 3 rings (SSSR count). The highest BCUT2D eigenvalue weighted by Crippen LogP contribution is 2.27. The molecule has 0 spiro atoms. The summed E-state index contributed by atoms with van der Waals surface area (Å²) >= 11 is 0. The monoisotopic (exact) mass is 292 g/mol. The lowest BCUT2D eigenvalue weighted by Crippen LogP contribution is -1.92. The van der Waals surface area contributed by atoms with Gasteiger partial charge in [-0.3, -0.25) is 0 Å². The number of rotatable bonds is 4. The van der Waals surface area contributed by atoms with Crippen LogP contribution in [-0.4, -0.2) is 10.2 Å². The molecule has 4 N–H and O–H groups in total. The summed E-state index contributed by atoms with van der Waals surface area (Å²) in [7, 11) is 0. The van der Waals surface area contributed by atoms with E-state index in [9.17, 15) is 10.2 Å². The maximum atomic E-state index is 9.75. The Kier molecular flexibility index (Phi) is 3.83. The molecule has 0 aromatic heterocycles. The van der Waals surface area contributed by atoms with Crippen molar-refractivity contribution in [1.82, 2.24) is 0 Å². The second-order valence-corrected chi connectivity index (χ2v) is 4.89. The average Bonchev–Trinajstić information content (AvgIpc) is 2.54. The van der Waals surface area contributed by atoms with Crippen LogP contribution in [0.1, 0.15) is 0 Å². The molecule has 0 aliphatic heterocycles. The Morgan fingerprint density at radius 3 is 1.64 bits per heavy atom. The second kappa shape index (κ2) is 6.10. The molecule has 0 unspecified atom stereocenters. The summed E-state index contributed by atoms with van der Waals surface area (Å²) in [6.07, 6.45) is 0. The van der Waals surface area contributed by atoms with Gasteiger partial charge in [-0.2, -0.15) is 0 Å². The standard InChI is InChI=1S/C18H16N2O2/c21-16-11-9-14(10-12-16)19-13-5-7-15(8-6-13)20-17-3-1-2-4-18(17)22/h1-12,19-22H. The molecular formula is C18H16N2O2. The maximum absolute atomic E-state index is 9.75. The molecule has 4 nitrogen and oxygen atoms in total. The number of aromatic hydroxyl groups is 2. The molecule has 0 amide bonds. The fourth-order valence-electron chi connectivity index (χ4n) is 2.08. The molecule has 0 heterocycles. The number of para-hydroxylation sites is 2. The molecule has 0 saturated carbocycles. The third kappa shape index (κ3) is 3.30. The normalized spacial score (nSPS) is 10.2. The van der Waals surface area contributed by atoms with E-state index in [0.717, 1.165) is 17.1 Å². The van der Waals surface area contributed by atoms with Gasteiger partial charge in [-0.05, 0) is 60.7 Å². The highest BCUT2D eigenvalue weighted by molar-refractivity contribution is 5.68. The smallest absolute Gasteiger partial charge is 0.139 e. The Bertz CT molecular complexity index is 753. The predicted octanol–water partition coefficient (Wildman–Crippen LogP) is 4.59. The van der Waals surface area contributed by atoms with Crippen LogP contribution >= 0.6 is 0 Å². The van der Waals surface area contributed by atoms with Gasteiger partial charge < -0.3 is 20.8 Å². The molecule has 3 aromatic rings. The van der Waals surface area contributed by atoms with Crippen molar-refractivity contribution < 1.29 is 10.2 Å². The van der Waals surface area contributed by atoms with Crippen LogP contribution in [0.25, 0.3) is 0 Å². The summed E-state index contributed by atoms with van der Waals surface area (Å²) in [6, 6.07) is 21.7. The lowest BCUT2D eigenvalue weighted by atomic mass is 10.2. The van der Waals surface area contributed by atoms with Gasteiger partial charge in [0.15, 0.2) is 0 Å². The van der Waals surface area contributed by atoms with E-state index in [1.54, 1.807) is 24.3 Å². The Labute approximate surface area is 128 Å². The first kappa shape index (κ1) is 13.8. The quantitative estimate of drug-likeness (QED) is 0.419. The van der Waals surface area contributed by atoms with Crippen molar-refractivity contribution in [2.24, 2.45) is 0 Å². The summed E-state index contributed by atoms with van der Waals surface area (Å²) in [4.78, 5) is 0. The molecule has 0 atom stereocenters. The van der Waals surface area contributed by atoms with E-state index >= 15 is 0 Å². The molecule has 4 heteroatoms. The van der Waals surface area contributed by atoms with Crippen molar-refractivity contribution in [2.75, 3.05) is 10.6 Å². The molecule has 22 heavy (non-hydrogen) atoms. The third-order valence-electron chi connectivity index (χ3n) is 3.22. The number of hydrogen-bond acceptors (Lipinski definition) is 4. The number of benzene rings is 3. The molecule has 0 radical (unpaired) electrons. The van der Waals surface area contributed by atoms with Crippen LogP contribution in [0.5, 0.6) is 11.5 Å². The molecular weight excluding hydrogens is 276 g/mol. The average molecular weight is 292 g/mol. The molecule has 110 valence electrons. The number of hydrogen-bond donors (Lipinski definition) is 4. The van der Waals surface area contributed by atoms with Crippen LogP contribution in [0, 0.1) is 0 Å². The van der Waals surface area contributed by atoms with Crippen LogP contribution in [-0.2, 0) is 0 Å². The van der Waals surface area contributed by atoms with Gasteiger partial charge in [0, 0.05) is 17.1 Å². The van der Waals surface area contributed by atoms with Crippen LogP contribution < -0.4 is 10.6 Å². The van der Waals surface area contributed by atoms with E-state index in [2.05, 4.69) is 10.6 Å². The van der Waals surface area contributed by atoms with Crippen LogP contribution in [0.15, 0.2) is 72.8 Å². The zero-order valence-electron chi connectivity index (χ0n) is 11.8. The van der Waals surface area contributed by atoms with Crippen molar-refractivity contribution in [3.63, 3.8) is 0 Å². The van der Waals surface area contributed by atoms with Gasteiger partial charge in [0.25, 0.3) is 0 Å². The van der Waals surface area contributed by atoms with E-state index in [4.69, 9.17) is 0 Å². The minimum Gasteiger partial charge on any atom is -0.508 e. The van der Waals surface area contributed by atoms with Crippen LogP contribution in [0.2, 0.25) is 0 Å². The zero-order valence-corrected chi connectivity index (χ0v) is 11.8. The Morgan fingerprint density at radius 1 is 0.545 bits per heavy atom. The van der Waals surface area contributed by atoms with Gasteiger partial charge in [0.05, 0.1) is 5.69 Å². The summed E-state index contributed by atoms with van der Waals surface area (Å²) < 4.78 is 0. The van der Waals surface area contributed by atoms with Crippen molar-refractivity contribution in [2.45, 2.75) is 0 Å². The topological polar surface area (TPSA) is 64.5 Å².